The van der Waals surface area contributed by atoms with Gasteiger partial charge in [0, 0.05) is 5.56 Å². The van der Waals surface area contributed by atoms with Gasteiger partial charge in [-0.1, -0.05) is 78.1 Å². The molecule has 0 radical (unpaired) electrons. The molecule has 2 aliphatic carbocycles. The van der Waals surface area contributed by atoms with Crippen LogP contribution in [0.15, 0.2) is 12.1 Å². The minimum Gasteiger partial charge on any atom is -0.207 e. The van der Waals surface area contributed by atoms with E-state index in [-0.39, 0.29) is 11.6 Å². The van der Waals surface area contributed by atoms with Crippen molar-refractivity contribution >= 4 is 0 Å². The summed E-state index contributed by atoms with van der Waals surface area (Å²) in [6.07, 6.45) is 18.2. The largest absolute Gasteiger partial charge is 0.207 e. The van der Waals surface area contributed by atoms with Crippen molar-refractivity contribution in [3.05, 3.63) is 34.9 Å². The fourth-order valence-electron chi connectivity index (χ4n) is 5.95. The Hall–Kier alpha value is -0.920. The molecule has 0 saturated heterocycles. The van der Waals surface area contributed by atoms with Gasteiger partial charge in [-0.25, -0.2) is 8.78 Å². The average molecular weight is 405 g/mol. The van der Waals surface area contributed by atoms with E-state index in [0.717, 1.165) is 36.7 Å². The predicted octanol–water partition coefficient (Wildman–Crippen LogP) is 8.97. The first kappa shape index (κ1) is 22.8. The molecule has 1 atom stereocenters. The molecule has 2 saturated carbocycles. The molecule has 0 spiro atoms. The van der Waals surface area contributed by atoms with E-state index in [0.29, 0.717) is 23.8 Å². The summed E-state index contributed by atoms with van der Waals surface area (Å²) >= 11 is 0. The molecule has 0 aromatic heterocycles. The molecule has 1 aromatic rings. The zero-order valence-electron chi connectivity index (χ0n) is 18.8. The van der Waals surface area contributed by atoms with Gasteiger partial charge in [0.2, 0.25) is 0 Å². The highest BCUT2D eigenvalue weighted by atomic mass is 19.1. The van der Waals surface area contributed by atoms with Crippen molar-refractivity contribution in [1.82, 2.24) is 0 Å². The highest BCUT2D eigenvalue weighted by molar-refractivity contribution is 5.29. The van der Waals surface area contributed by atoms with E-state index in [4.69, 9.17) is 0 Å². The molecule has 0 N–H and O–H groups in total. The van der Waals surface area contributed by atoms with Gasteiger partial charge in [-0.2, -0.15) is 0 Å². The molecule has 2 heteroatoms. The number of hydrogen-bond acceptors (Lipinski definition) is 0. The van der Waals surface area contributed by atoms with Crippen LogP contribution in [0.3, 0.4) is 0 Å². The van der Waals surface area contributed by atoms with Crippen LogP contribution in [-0.4, -0.2) is 0 Å². The van der Waals surface area contributed by atoms with E-state index >= 15 is 0 Å². The molecule has 0 nitrogen and oxygen atoms in total. The fraction of sp³-hybridized carbons (Fsp3) is 0.778. The lowest BCUT2D eigenvalue weighted by Crippen LogP contribution is -2.23. The van der Waals surface area contributed by atoms with Gasteiger partial charge in [-0.05, 0) is 73.5 Å². The SMILES string of the molecule is CCCCCC[C@H](C)Cc1c(F)cc(C2CCC(C3CCCCC3)CC2)cc1F. The van der Waals surface area contributed by atoms with Crippen LogP contribution in [0.4, 0.5) is 8.78 Å². The summed E-state index contributed by atoms with van der Waals surface area (Å²) in [5, 5.41) is 0. The maximum atomic E-state index is 14.8. The second-order valence-electron chi connectivity index (χ2n) is 10.1. The van der Waals surface area contributed by atoms with E-state index in [1.54, 1.807) is 12.1 Å². The van der Waals surface area contributed by atoms with Gasteiger partial charge < -0.3 is 0 Å². The molecular formula is C27H42F2. The zero-order chi connectivity index (χ0) is 20.6. The number of unbranched alkanes of at least 4 members (excludes halogenated alkanes) is 3. The Balaban J connectivity index is 1.53. The minimum absolute atomic E-state index is 0.310. The fourth-order valence-corrected chi connectivity index (χ4v) is 5.95. The maximum Gasteiger partial charge on any atom is 0.129 e. The van der Waals surface area contributed by atoms with E-state index in [1.807, 2.05) is 0 Å². The van der Waals surface area contributed by atoms with E-state index in [2.05, 4.69) is 13.8 Å². The van der Waals surface area contributed by atoms with Crippen LogP contribution in [0.25, 0.3) is 0 Å². The molecule has 0 unspecified atom stereocenters. The third-order valence-electron chi connectivity index (χ3n) is 7.83. The van der Waals surface area contributed by atoms with Crippen LogP contribution >= 0.6 is 0 Å². The summed E-state index contributed by atoms with van der Waals surface area (Å²) in [5.74, 6) is 1.84. The van der Waals surface area contributed by atoms with E-state index in [1.165, 1.54) is 70.6 Å². The van der Waals surface area contributed by atoms with Crippen molar-refractivity contribution in [2.45, 2.75) is 116 Å². The number of hydrogen-bond donors (Lipinski definition) is 0. The van der Waals surface area contributed by atoms with Crippen LogP contribution in [-0.2, 0) is 6.42 Å². The van der Waals surface area contributed by atoms with Crippen molar-refractivity contribution in [1.29, 1.82) is 0 Å². The van der Waals surface area contributed by atoms with Crippen molar-refractivity contribution in [2.24, 2.45) is 17.8 Å². The minimum atomic E-state index is -0.310. The second kappa shape index (κ2) is 11.5. The quantitative estimate of drug-likeness (QED) is 0.360. The molecule has 164 valence electrons. The normalized spacial score (nSPS) is 24.6. The Morgan fingerprint density at radius 1 is 0.828 bits per heavy atom. The van der Waals surface area contributed by atoms with Crippen molar-refractivity contribution in [3.63, 3.8) is 0 Å². The summed E-state index contributed by atoms with van der Waals surface area (Å²) in [6.45, 7) is 4.34. The summed E-state index contributed by atoms with van der Waals surface area (Å²) < 4.78 is 29.6. The lowest BCUT2D eigenvalue weighted by molar-refractivity contribution is 0.186. The number of rotatable bonds is 9. The smallest absolute Gasteiger partial charge is 0.129 e. The van der Waals surface area contributed by atoms with Gasteiger partial charge in [-0.3, -0.25) is 0 Å². The summed E-state index contributed by atoms with van der Waals surface area (Å²) in [4.78, 5) is 0. The molecule has 1 aromatic carbocycles. The molecule has 29 heavy (non-hydrogen) atoms. The highest BCUT2D eigenvalue weighted by Crippen LogP contribution is 2.43. The molecule has 0 bridgehead atoms. The van der Waals surface area contributed by atoms with Crippen LogP contribution < -0.4 is 0 Å². The third-order valence-corrected chi connectivity index (χ3v) is 7.83. The molecule has 2 fully saturated rings. The molecular weight excluding hydrogens is 362 g/mol. The third kappa shape index (κ3) is 6.53. The average Bonchev–Trinajstić information content (AvgIpc) is 2.74. The van der Waals surface area contributed by atoms with Crippen molar-refractivity contribution in [2.75, 3.05) is 0 Å². The molecule has 0 aliphatic heterocycles. The Labute approximate surface area is 177 Å². The highest BCUT2D eigenvalue weighted by Gasteiger charge is 2.29. The van der Waals surface area contributed by atoms with Gasteiger partial charge in [0.25, 0.3) is 0 Å². The van der Waals surface area contributed by atoms with E-state index in [9.17, 15) is 8.78 Å². The van der Waals surface area contributed by atoms with Crippen LogP contribution in [0.5, 0.6) is 0 Å². The van der Waals surface area contributed by atoms with Gasteiger partial charge >= 0.3 is 0 Å². The Kier molecular flexibility index (Phi) is 9.00. The van der Waals surface area contributed by atoms with Gasteiger partial charge in [-0.15, -0.1) is 0 Å². The lowest BCUT2D eigenvalue weighted by atomic mass is 9.70. The monoisotopic (exact) mass is 404 g/mol. The summed E-state index contributed by atoms with van der Waals surface area (Å²) in [7, 11) is 0. The predicted molar refractivity (Wildman–Crippen MR) is 119 cm³/mol. The molecule has 2 aliphatic rings. The summed E-state index contributed by atoms with van der Waals surface area (Å²) in [6, 6.07) is 3.32. The number of halogens is 2. The van der Waals surface area contributed by atoms with Crippen LogP contribution in [0.2, 0.25) is 0 Å². The van der Waals surface area contributed by atoms with Gasteiger partial charge in [0.15, 0.2) is 0 Å². The van der Waals surface area contributed by atoms with Gasteiger partial charge in [0.1, 0.15) is 11.6 Å². The molecule has 3 rings (SSSR count). The Bertz CT molecular complexity index is 586. The van der Waals surface area contributed by atoms with Crippen LogP contribution in [0, 0.1) is 29.4 Å². The van der Waals surface area contributed by atoms with Crippen molar-refractivity contribution in [3.8, 4) is 0 Å². The first-order chi connectivity index (χ1) is 14.1. The maximum absolute atomic E-state index is 14.8. The topological polar surface area (TPSA) is 0 Å². The summed E-state index contributed by atoms with van der Waals surface area (Å²) in [5.41, 5.74) is 1.22. The number of benzene rings is 1. The second-order valence-corrected chi connectivity index (χ2v) is 10.1. The zero-order valence-corrected chi connectivity index (χ0v) is 18.8. The Morgan fingerprint density at radius 2 is 1.45 bits per heavy atom. The lowest BCUT2D eigenvalue weighted by Gasteiger charge is -2.36. The standard InChI is InChI=1S/C27H42F2/c1-3-4-5-7-10-20(2)17-25-26(28)18-24(19-27(25)29)23-15-13-22(14-16-23)21-11-8-6-9-12-21/h18-23H,3-17H2,1-2H3/t20-,22?,23?/m0/s1. The van der Waals surface area contributed by atoms with Crippen LogP contribution in [0.1, 0.15) is 121 Å². The molecule has 0 amide bonds. The van der Waals surface area contributed by atoms with Crippen molar-refractivity contribution < 1.29 is 8.78 Å². The first-order valence-electron chi connectivity index (χ1n) is 12.6. The molecule has 0 heterocycles. The van der Waals surface area contributed by atoms with Gasteiger partial charge in [0.05, 0.1) is 0 Å². The Morgan fingerprint density at radius 3 is 2.07 bits per heavy atom. The van der Waals surface area contributed by atoms with E-state index < -0.39 is 0 Å². The first-order valence-corrected chi connectivity index (χ1v) is 12.6.